The number of rotatable bonds is 5. The molecule has 0 aliphatic heterocycles. The number of aromatic nitrogens is 2. The van der Waals surface area contributed by atoms with E-state index in [1.54, 1.807) is 11.3 Å². The molecule has 2 aromatic heterocycles. The van der Waals surface area contributed by atoms with Gasteiger partial charge < -0.3 is 10.7 Å². The molecule has 0 saturated heterocycles. The maximum absolute atomic E-state index is 5.53. The van der Waals surface area contributed by atoms with E-state index >= 15 is 0 Å². The van der Waals surface area contributed by atoms with E-state index in [1.165, 1.54) is 9.75 Å². The highest BCUT2D eigenvalue weighted by Crippen LogP contribution is 2.24. The molecule has 2 aromatic rings. The van der Waals surface area contributed by atoms with Crippen LogP contribution in [-0.4, -0.2) is 9.97 Å². The molecule has 0 aromatic carbocycles. The summed E-state index contributed by atoms with van der Waals surface area (Å²) in [5.74, 6) is 8.09. The predicted molar refractivity (Wildman–Crippen MR) is 85.1 cm³/mol. The number of nitrogens with zero attached hydrogens (tertiary/aromatic N) is 2. The third-order valence-electron chi connectivity index (χ3n) is 3.04. The van der Waals surface area contributed by atoms with Crippen molar-refractivity contribution in [1.29, 1.82) is 0 Å². The molecule has 0 bridgehead atoms. The Morgan fingerprint density at radius 3 is 2.45 bits per heavy atom. The van der Waals surface area contributed by atoms with Gasteiger partial charge in [0.1, 0.15) is 17.5 Å². The molecular formula is C14H21N5S. The van der Waals surface area contributed by atoms with Gasteiger partial charge in [-0.3, -0.25) is 0 Å². The van der Waals surface area contributed by atoms with Gasteiger partial charge in [0.2, 0.25) is 0 Å². The molecule has 0 saturated carbocycles. The lowest BCUT2D eigenvalue weighted by atomic mass is 10.2. The number of nitrogens with one attached hydrogen (secondary N) is 2. The standard InChI is InChI=1S/C14H21N5S/c1-8(2)12-17-13(10(4)14(18-12)19-15)16-7-11-6-5-9(3)20-11/h5-6,8H,7,15H2,1-4H3,(H2,16,17,18,19). The average Bonchev–Trinajstić information content (AvgIpc) is 2.83. The molecule has 0 unspecified atom stereocenters. The highest BCUT2D eigenvalue weighted by atomic mass is 32.1. The summed E-state index contributed by atoms with van der Waals surface area (Å²) in [6.07, 6.45) is 0. The Hall–Kier alpha value is -1.66. The van der Waals surface area contributed by atoms with Crippen molar-refractivity contribution < 1.29 is 0 Å². The van der Waals surface area contributed by atoms with Crippen LogP contribution in [0.25, 0.3) is 0 Å². The van der Waals surface area contributed by atoms with Gasteiger partial charge in [-0.15, -0.1) is 11.3 Å². The molecule has 0 aliphatic carbocycles. The van der Waals surface area contributed by atoms with Crippen LogP contribution in [0.5, 0.6) is 0 Å². The molecule has 0 atom stereocenters. The number of thiophene rings is 1. The van der Waals surface area contributed by atoms with Crippen molar-refractivity contribution in [2.75, 3.05) is 10.7 Å². The van der Waals surface area contributed by atoms with Crippen LogP contribution in [0.4, 0.5) is 11.6 Å². The second-order valence-electron chi connectivity index (χ2n) is 5.07. The fourth-order valence-corrected chi connectivity index (χ4v) is 2.69. The van der Waals surface area contributed by atoms with Crippen LogP contribution in [0.3, 0.4) is 0 Å². The predicted octanol–water partition coefficient (Wildman–Crippen LogP) is 3.18. The SMILES string of the molecule is Cc1ccc(CNc2nc(C(C)C)nc(NN)c2C)s1. The summed E-state index contributed by atoms with van der Waals surface area (Å²) < 4.78 is 0. The zero-order chi connectivity index (χ0) is 14.7. The molecule has 0 radical (unpaired) electrons. The van der Waals surface area contributed by atoms with Gasteiger partial charge in [0, 0.05) is 21.2 Å². The van der Waals surface area contributed by atoms with Gasteiger partial charge >= 0.3 is 0 Å². The van der Waals surface area contributed by atoms with Crippen molar-refractivity contribution in [2.24, 2.45) is 5.84 Å². The second-order valence-corrected chi connectivity index (χ2v) is 6.44. The third-order valence-corrected chi connectivity index (χ3v) is 4.04. The molecule has 5 nitrogen and oxygen atoms in total. The second kappa shape index (κ2) is 6.19. The van der Waals surface area contributed by atoms with Crippen molar-refractivity contribution in [3.63, 3.8) is 0 Å². The van der Waals surface area contributed by atoms with Crippen molar-refractivity contribution in [3.05, 3.63) is 33.3 Å². The van der Waals surface area contributed by atoms with Crippen LogP contribution in [-0.2, 0) is 6.54 Å². The number of nitrogens with two attached hydrogens (primary N) is 1. The number of aryl methyl sites for hydroxylation is 1. The Balaban J connectivity index is 2.23. The van der Waals surface area contributed by atoms with E-state index in [4.69, 9.17) is 5.84 Å². The van der Waals surface area contributed by atoms with Gasteiger partial charge in [-0.25, -0.2) is 15.8 Å². The summed E-state index contributed by atoms with van der Waals surface area (Å²) in [4.78, 5) is 11.6. The largest absolute Gasteiger partial charge is 0.365 e. The number of hydrogen-bond acceptors (Lipinski definition) is 6. The zero-order valence-corrected chi connectivity index (χ0v) is 13.1. The number of hydrazine groups is 1. The molecule has 0 amide bonds. The fraction of sp³-hybridized carbons (Fsp3) is 0.429. The van der Waals surface area contributed by atoms with Gasteiger partial charge in [-0.05, 0) is 26.0 Å². The summed E-state index contributed by atoms with van der Waals surface area (Å²) >= 11 is 1.79. The number of nitrogen functional groups attached to an aromatic ring is 1. The topological polar surface area (TPSA) is 75.9 Å². The van der Waals surface area contributed by atoms with E-state index in [0.29, 0.717) is 5.82 Å². The molecule has 20 heavy (non-hydrogen) atoms. The molecule has 4 N–H and O–H groups in total. The Morgan fingerprint density at radius 2 is 1.90 bits per heavy atom. The minimum atomic E-state index is 0.257. The van der Waals surface area contributed by atoms with Gasteiger partial charge in [0.15, 0.2) is 0 Å². The summed E-state index contributed by atoms with van der Waals surface area (Å²) in [7, 11) is 0. The molecule has 0 aliphatic rings. The lowest BCUT2D eigenvalue weighted by molar-refractivity contribution is 0.772. The molecule has 0 fully saturated rings. The highest BCUT2D eigenvalue weighted by Gasteiger charge is 2.12. The van der Waals surface area contributed by atoms with E-state index in [0.717, 1.165) is 23.8 Å². The molecule has 2 heterocycles. The van der Waals surface area contributed by atoms with Gasteiger partial charge in [0.05, 0.1) is 6.54 Å². The summed E-state index contributed by atoms with van der Waals surface area (Å²) in [5, 5.41) is 3.38. The molecule has 108 valence electrons. The van der Waals surface area contributed by atoms with Crippen LogP contribution in [0.15, 0.2) is 12.1 Å². The first-order valence-corrected chi connectivity index (χ1v) is 7.47. The maximum atomic E-state index is 5.53. The zero-order valence-electron chi connectivity index (χ0n) is 12.3. The first-order valence-electron chi connectivity index (χ1n) is 6.65. The lowest BCUT2D eigenvalue weighted by Gasteiger charge is -2.14. The molecule has 2 rings (SSSR count). The van der Waals surface area contributed by atoms with Crippen molar-refractivity contribution in [1.82, 2.24) is 9.97 Å². The van der Waals surface area contributed by atoms with Crippen LogP contribution < -0.4 is 16.6 Å². The van der Waals surface area contributed by atoms with E-state index < -0.39 is 0 Å². The van der Waals surface area contributed by atoms with Crippen LogP contribution in [0.1, 0.15) is 40.9 Å². The Morgan fingerprint density at radius 1 is 1.20 bits per heavy atom. The monoisotopic (exact) mass is 291 g/mol. The molecule has 6 heteroatoms. The number of anilines is 2. The van der Waals surface area contributed by atoms with Crippen LogP contribution >= 0.6 is 11.3 Å². The minimum absolute atomic E-state index is 0.257. The van der Waals surface area contributed by atoms with Crippen LogP contribution in [0, 0.1) is 13.8 Å². The summed E-state index contributed by atoms with van der Waals surface area (Å²) in [6, 6.07) is 4.26. The van der Waals surface area contributed by atoms with E-state index in [2.05, 4.69) is 53.6 Å². The number of hydrogen-bond donors (Lipinski definition) is 3. The lowest BCUT2D eigenvalue weighted by Crippen LogP contribution is -2.15. The van der Waals surface area contributed by atoms with Gasteiger partial charge in [-0.1, -0.05) is 13.8 Å². The summed E-state index contributed by atoms with van der Waals surface area (Å²) in [5.41, 5.74) is 3.58. The Bertz CT molecular complexity index is 591. The van der Waals surface area contributed by atoms with E-state index in [-0.39, 0.29) is 5.92 Å². The van der Waals surface area contributed by atoms with E-state index in [9.17, 15) is 0 Å². The molecular weight excluding hydrogens is 270 g/mol. The van der Waals surface area contributed by atoms with Crippen molar-refractivity contribution in [2.45, 2.75) is 40.2 Å². The minimum Gasteiger partial charge on any atom is -0.365 e. The van der Waals surface area contributed by atoms with Gasteiger partial charge in [-0.2, -0.15) is 0 Å². The average molecular weight is 291 g/mol. The highest BCUT2D eigenvalue weighted by molar-refractivity contribution is 7.11. The smallest absolute Gasteiger partial charge is 0.148 e. The normalized spacial score (nSPS) is 10.9. The quantitative estimate of drug-likeness (QED) is 0.582. The first-order chi connectivity index (χ1) is 9.51. The fourth-order valence-electron chi connectivity index (χ4n) is 1.86. The Kier molecular flexibility index (Phi) is 4.57. The third kappa shape index (κ3) is 3.26. The first kappa shape index (κ1) is 14.7. The van der Waals surface area contributed by atoms with Gasteiger partial charge in [0.25, 0.3) is 0 Å². The Labute approximate surface area is 123 Å². The summed E-state index contributed by atoms with van der Waals surface area (Å²) in [6.45, 7) is 8.96. The van der Waals surface area contributed by atoms with Crippen molar-refractivity contribution >= 4 is 23.0 Å². The van der Waals surface area contributed by atoms with E-state index in [1.807, 2.05) is 6.92 Å². The molecule has 0 spiro atoms. The van der Waals surface area contributed by atoms with Crippen molar-refractivity contribution in [3.8, 4) is 0 Å². The van der Waals surface area contributed by atoms with Crippen LogP contribution in [0.2, 0.25) is 0 Å². The maximum Gasteiger partial charge on any atom is 0.148 e.